The number of hydrogen-bond acceptors (Lipinski definition) is 3. The van der Waals surface area contributed by atoms with Crippen molar-refractivity contribution in [3.63, 3.8) is 0 Å². The molecule has 0 radical (unpaired) electrons. The van der Waals surface area contributed by atoms with E-state index in [4.69, 9.17) is 14.2 Å². The SMILES string of the molecule is CC#CCCc1ccc(OC)c(OC)c1OC. The zero-order chi connectivity index (χ0) is 12.7. The Morgan fingerprint density at radius 3 is 2.24 bits per heavy atom. The maximum Gasteiger partial charge on any atom is 0.203 e. The van der Waals surface area contributed by atoms with E-state index < -0.39 is 0 Å². The molecule has 1 aromatic carbocycles. The first-order valence-corrected chi connectivity index (χ1v) is 5.45. The number of methoxy groups -OCH3 is 3. The van der Waals surface area contributed by atoms with E-state index in [1.54, 1.807) is 21.3 Å². The molecule has 0 heterocycles. The summed E-state index contributed by atoms with van der Waals surface area (Å²) in [5.41, 5.74) is 1.08. The zero-order valence-electron chi connectivity index (χ0n) is 10.8. The highest BCUT2D eigenvalue weighted by Crippen LogP contribution is 2.40. The van der Waals surface area contributed by atoms with Crippen molar-refractivity contribution in [3.8, 4) is 29.1 Å². The van der Waals surface area contributed by atoms with Gasteiger partial charge in [0, 0.05) is 6.42 Å². The van der Waals surface area contributed by atoms with Crippen molar-refractivity contribution >= 4 is 0 Å². The van der Waals surface area contributed by atoms with Crippen LogP contribution in [0.1, 0.15) is 18.9 Å². The first-order chi connectivity index (χ1) is 8.28. The van der Waals surface area contributed by atoms with Crippen LogP contribution in [-0.4, -0.2) is 21.3 Å². The van der Waals surface area contributed by atoms with Crippen LogP contribution in [0.5, 0.6) is 17.2 Å². The molecular weight excluding hydrogens is 216 g/mol. The summed E-state index contributed by atoms with van der Waals surface area (Å²) in [7, 11) is 4.85. The van der Waals surface area contributed by atoms with Crippen LogP contribution in [0.4, 0.5) is 0 Å². The van der Waals surface area contributed by atoms with E-state index >= 15 is 0 Å². The van der Waals surface area contributed by atoms with Crippen LogP contribution in [0.25, 0.3) is 0 Å². The summed E-state index contributed by atoms with van der Waals surface area (Å²) < 4.78 is 15.9. The fourth-order valence-corrected chi connectivity index (χ4v) is 1.68. The lowest BCUT2D eigenvalue weighted by atomic mass is 10.1. The number of rotatable bonds is 5. The predicted molar refractivity (Wildman–Crippen MR) is 67.9 cm³/mol. The molecule has 0 aliphatic carbocycles. The molecule has 3 heteroatoms. The highest BCUT2D eigenvalue weighted by atomic mass is 16.5. The van der Waals surface area contributed by atoms with E-state index in [0.717, 1.165) is 24.2 Å². The summed E-state index contributed by atoms with van der Waals surface area (Å²) in [6, 6.07) is 3.87. The monoisotopic (exact) mass is 234 g/mol. The van der Waals surface area contributed by atoms with Gasteiger partial charge in [0.05, 0.1) is 21.3 Å². The largest absolute Gasteiger partial charge is 0.493 e. The molecule has 0 N–H and O–H groups in total. The standard InChI is InChI=1S/C14H18O3/c1-5-6-7-8-11-9-10-12(15-2)14(17-4)13(11)16-3/h9-10H,7-8H2,1-4H3. The lowest BCUT2D eigenvalue weighted by Gasteiger charge is -2.15. The first-order valence-electron chi connectivity index (χ1n) is 5.45. The predicted octanol–water partition coefficient (Wildman–Crippen LogP) is 2.67. The number of aryl methyl sites for hydroxylation is 1. The van der Waals surface area contributed by atoms with Crippen molar-refractivity contribution in [1.82, 2.24) is 0 Å². The lowest BCUT2D eigenvalue weighted by Crippen LogP contribution is -1.98. The van der Waals surface area contributed by atoms with Gasteiger partial charge in [-0.1, -0.05) is 6.07 Å². The molecule has 0 aromatic heterocycles. The Bertz CT molecular complexity index is 427. The van der Waals surface area contributed by atoms with Crippen LogP contribution >= 0.6 is 0 Å². The minimum Gasteiger partial charge on any atom is -0.493 e. The van der Waals surface area contributed by atoms with Gasteiger partial charge in [-0.15, -0.1) is 11.8 Å². The van der Waals surface area contributed by atoms with E-state index in [9.17, 15) is 0 Å². The molecule has 0 atom stereocenters. The molecule has 0 fully saturated rings. The van der Waals surface area contributed by atoms with Gasteiger partial charge in [-0.2, -0.15) is 0 Å². The smallest absolute Gasteiger partial charge is 0.203 e. The summed E-state index contributed by atoms with van der Waals surface area (Å²) in [5.74, 6) is 7.95. The molecule has 0 spiro atoms. The van der Waals surface area contributed by atoms with Gasteiger partial charge in [-0.25, -0.2) is 0 Å². The highest BCUT2D eigenvalue weighted by Gasteiger charge is 2.14. The fraction of sp³-hybridized carbons (Fsp3) is 0.429. The van der Waals surface area contributed by atoms with E-state index in [0.29, 0.717) is 11.5 Å². The average molecular weight is 234 g/mol. The van der Waals surface area contributed by atoms with Crippen LogP contribution in [0.3, 0.4) is 0 Å². The van der Waals surface area contributed by atoms with Crippen molar-refractivity contribution in [2.45, 2.75) is 19.8 Å². The normalized spacial score (nSPS) is 9.18. The summed E-state index contributed by atoms with van der Waals surface area (Å²) in [6.07, 6.45) is 1.65. The number of ether oxygens (including phenoxy) is 3. The molecule has 1 rings (SSSR count). The van der Waals surface area contributed by atoms with Gasteiger partial charge >= 0.3 is 0 Å². The van der Waals surface area contributed by atoms with Crippen LogP contribution in [0.2, 0.25) is 0 Å². The maximum atomic E-state index is 5.39. The molecule has 3 nitrogen and oxygen atoms in total. The minimum atomic E-state index is 0.636. The molecule has 92 valence electrons. The third-order valence-corrected chi connectivity index (χ3v) is 2.48. The van der Waals surface area contributed by atoms with Gasteiger partial charge in [0.15, 0.2) is 11.5 Å². The van der Waals surface area contributed by atoms with Crippen molar-refractivity contribution in [3.05, 3.63) is 17.7 Å². The molecule has 0 aliphatic rings. The highest BCUT2D eigenvalue weighted by molar-refractivity contribution is 5.55. The molecule has 1 aromatic rings. The lowest BCUT2D eigenvalue weighted by molar-refractivity contribution is 0.322. The Balaban J connectivity index is 3.07. The minimum absolute atomic E-state index is 0.636. The zero-order valence-corrected chi connectivity index (χ0v) is 10.8. The van der Waals surface area contributed by atoms with Crippen LogP contribution < -0.4 is 14.2 Å². The van der Waals surface area contributed by atoms with E-state index in [2.05, 4.69) is 11.8 Å². The van der Waals surface area contributed by atoms with Crippen LogP contribution in [0.15, 0.2) is 12.1 Å². The molecule has 0 aliphatic heterocycles. The third kappa shape index (κ3) is 3.07. The Labute approximate surface area is 103 Å². The summed E-state index contributed by atoms with van der Waals surface area (Å²) in [5, 5.41) is 0. The fourth-order valence-electron chi connectivity index (χ4n) is 1.68. The van der Waals surface area contributed by atoms with Crippen LogP contribution in [0, 0.1) is 11.8 Å². The topological polar surface area (TPSA) is 27.7 Å². The van der Waals surface area contributed by atoms with Gasteiger partial charge in [0.2, 0.25) is 5.75 Å². The Kier molecular flexibility index (Phi) is 5.22. The molecule has 0 saturated carbocycles. The van der Waals surface area contributed by atoms with E-state index in [-0.39, 0.29) is 0 Å². The van der Waals surface area contributed by atoms with Gasteiger partial charge in [0.25, 0.3) is 0 Å². The molecular formula is C14H18O3. The van der Waals surface area contributed by atoms with Gasteiger partial charge in [0.1, 0.15) is 0 Å². The van der Waals surface area contributed by atoms with Crippen molar-refractivity contribution in [2.75, 3.05) is 21.3 Å². The van der Waals surface area contributed by atoms with Crippen LogP contribution in [-0.2, 0) is 6.42 Å². The molecule has 0 unspecified atom stereocenters. The van der Waals surface area contributed by atoms with Gasteiger partial charge < -0.3 is 14.2 Å². The van der Waals surface area contributed by atoms with E-state index in [1.165, 1.54) is 0 Å². The summed E-state index contributed by atoms with van der Waals surface area (Å²) in [6.45, 7) is 1.84. The molecule has 0 amide bonds. The van der Waals surface area contributed by atoms with Gasteiger partial charge in [-0.3, -0.25) is 0 Å². The Morgan fingerprint density at radius 1 is 1.00 bits per heavy atom. The Morgan fingerprint density at radius 2 is 1.71 bits per heavy atom. The summed E-state index contributed by atoms with van der Waals surface area (Å²) >= 11 is 0. The average Bonchev–Trinajstić information content (AvgIpc) is 2.38. The Hall–Kier alpha value is -1.82. The maximum absolute atomic E-state index is 5.39. The first kappa shape index (κ1) is 13.2. The second-order valence-corrected chi connectivity index (χ2v) is 3.42. The molecule has 0 saturated heterocycles. The van der Waals surface area contributed by atoms with E-state index in [1.807, 2.05) is 19.1 Å². The number of benzene rings is 1. The molecule has 0 bridgehead atoms. The van der Waals surface area contributed by atoms with Gasteiger partial charge in [-0.05, 0) is 25.0 Å². The third-order valence-electron chi connectivity index (χ3n) is 2.48. The summed E-state index contributed by atoms with van der Waals surface area (Å²) in [4.78, 5) is 0. The molecule has 17 heavy (non-hydrogen) atoms. The van der Waals surface area contributed by atoms with Crippen molar-refractivity contribution in [2.24, 2.45) is 0 Å². The quantitative estimate of drug-likeness (QED) is 0.733. The van der Waals surface area contributed by atoms with Crippen molar-refractivity contribution < 1.29 is 14.2 Å². The van der Waals surface area contributed by atoms with Crippen molar-refractivity contribution in [1.29, 1.82) is 0 Å². The second-order valence-electron chi connectivity index (χ2n) is 3.42. The number of hydrogen-bond donors (Lipinski definition) is 0. The second kappa shape index (κ2) is 6.70.